The van der Waals surface area contributed by atoms with Gasteiger partial charge in [-0.15, -0.1) is 0 Å². The Kier molecular flexibility index (Phi) is 10.7. The molecule has 4 aromatic rings. The molecule has 1 aliphatic heterocycles. The number of aliphatic carboxylic acids is 1. The van der Waals surface area contributed by atoms with E-state index < -0.39 is 23.9 Å². The standard InChI is InChI=1S/C28H27Cl2F3N6S.C2HF3O2/c29-21-6-3-7-22(30)20(21)16-23-35-24-25(34-18-10-8-17(9-11-18)28(31,32)33)36-27(37-26(24)40-23)39-14-12-38(13-15-39)19-4-1-2-5-19;3-2(4,5)1(6)7/h3,6-11,19H,1-2,4-5,12-16H2,(H,34,36,37);(H,6,7). The van der Waals surface area contributed by atoms with Crippen LogP contribution in [0.5, 0.6) is 0 Å². The van der Waals surface area contributed by atoms with Crippen LogP contribution in [0.1, 0.15) is 41.8 Å². The largest absolute Gasteiger partial charge is 0.490 e. The van der Waals surface area contributed by atoms with Crippen LogP contribution in [0.4, 0.5) is 43.8 Å². The summed E-state index contributed by atoms with van der Waals surface area (Å²) >= 11 is 14.3. The first kappa shape index (κ1) is 34.9. The van der Waals surface area contributed by atoms with Gasteiger partial charge in [0, 0.05) is 54.4 Å². The SMILES string of the molecule is FC(F)(F)c1ccc(Nc2nc(N3CCN(C4CCCC4)CC3)nc3sc(Cc4c(Cl)cccc4Cl)nc23)cc1.O=C(O)C(F)(F)F. The quantitative estimate of drug-likeness (QED) is 0.192. The number of fused-ring (bicyclic) bond motifs is 1. The van der Waals surface area contributed by atoms with Crippen molar-refractivity contribution in [1.29, 1.82) is 0 Å². The number of carboxylic acids is 1. The number of anilines is 3. The number of nitrogens with zero attached hydrogens (tertiary/aromatic N) is 5. The lowest BCUT2D eigenvalue weighted by Gasteiger charge is -2.38. The maximum absolute atomic E-state index is 13.1. The summed E-state index contributed by atoms with van der Waals surface area (Å²) in [7, 11) is 0. The van der Waals surface area contributed by atoms with Gasteiger partial charge in [0.15, 0.2) is 10.6 Å². The zero-order valence-corrected chi connectivity index (χ0v) is 26.8. The van der Waals surface area contributed by atoms with Gasteiger partial charge in [0.2, 0.25) is 5.95 Å². The van der Waals surface area contributed by atoms with Crippen LogP contribution >= 0.6 is 34.5 Å². The number of rotatable bonds is 6. The molecular formula is C30H28Cl2F6N6O2S. The second-order valence-corrected chi connectivity index (χ2v) is 12.9. The summed E-state index contributed by atoms with van der Waals surface area (Å²) in [5, 5.41) is 12.2. The predicted octanol–water partition coefficient (Wildman–Crippen LogP) is 8.44. The van der Waals surface area contributed by atoms with E-state index in [1.165, 1.54) is 49.2 Å². The van der Waals surface area contributed by atoms with Crippen LogP contribution in [0, 0.1) is 0 Å². The van der Waals surface area contributed by atoms with Crippen molar-refractivity contribution in [2.24, 2.45) is 0 Å². The number of carbonyl (C=O) groups is 1. The van der Waals surface area contributed by atoms with Gasteiger partial charge in [-0.1, -0.05) is 53.4 Å². The molecule has 0 unspecified atom stereocenters. The fraction of sp³-hybridized carbons (Fsp3) is 0.400. The minimum atomic E-state index is -5.08. The average Bonchev–Trinajstić information content (AvgIpc) is 3.70. The molecule has 47 heavy (non-hydrogen) atoms. The molecular weight excluding hydrogens is 693 g/mol. The summed E-state index contributed by atoms with van der Waals surface area (Å²) in [4.78, 5) is 28.8. The Bertz CT molecular complexity index is 1690. The van der Waals surface area contributed by atoms with Crippen molar-refractivity contribution in [3.05, 3.63) is 68.6 Å². The van der Waals surface area contributed by atoms with E-state index in [0.29, 0.717) is 50.3 Å². The molecule has 6 rings (SSSR count). The highest BCUT2D eigenvalue weighted by molar-refractivity contribution is 7.18. The second kappa shape index (κ2) is 14.4. The lowest BCUT2D eigenvalue weighted by molar-refractivity contribution is -0.192. The average molecular weight is 722 g/mol. The van der Waals surface area contributed by atoms with Crippen LogP contribution in [0.2, 0.25) is 10.0 Å². The van der Waals surface area contributed by atoms with Gasteiger partial charge in [0.1, 0.15) is 10.5 Å². The lowest BCUT2D eigenvalue weighted by Crippen LogP contribution is -2.50. The van der Waals surface area contributed by atoms with E-state index in [2.05, 4.69) is 15.1 Å². The van der Waals surface area contributed by atoms with E-state index in [1.807, 2.05) is 0 Å². The Hall–Kier alpha value is -3.40. The molecule has 1 saturated carbocycles. The van der Waals surface area contributed by atoms with Crippen molar-refractivity contribution in [2.45, 2.75) is 50.5 Å². The van der Waals surface area contributed by atoms with E-state index in [9.17, 15) is 26.3 Å². The van der Waals surface area contributed by atoms with Crippen molar-refractivity contribution < 1.29 is 36.2 Å². The number of thiazole rings is 1. The number of halogens is 8. The third-order valence-corrected chi connectivity index (χ3v) is 9.49. The number of benzene rings is 2. The highest BCUT2D eigenvalue weighted by Crippen LogP contribution is 2.35. The Morgan fingerprint density at radius 1 is 0.915 bits per heavy atom. The summed E-state index contributed by atoms with van der Waals surface area (Å²) in [6.07, 6.45) is -3.92. The highest BCUT2D eigenvalue weighted by Gasteiger charge is 2.38. The van der Waals surface area contributed by atoms with Crippen molar-refractivity contribution in [2.75, 3.05) is 36.4 Å². The Balaban J connectivity index is 0.000000559. The first-order valence-electron chi connectivity index (χ1n) is 14.5. The highest BCUT2D eigenvalue weighted by atomic mass is 35.5. The summed E-state index contributed by atoms with van der Waals surface area (Å²) in [6, 6.07) is 10.9. The third-order valence-electron chi connectivity index (χ3n) is 7.84. The molecule has 1 aliphatic carbocycles. The van der Waals surface area contributed by atoms with E-state index in [4.69, 9.17) is 48.1 Å². The van der Waals surface area contributed by atoms with E-state index in [-0.39, 0.29) is 0 Å². The molecule has 3 heterocycles. The van der Waals surface area contributed by atoms with E-state index >= 15 is 0 Å². The van der Waals surface area contributed by atoms with E-state index in [0.717, 1.165) is 48.9 Å². The number of carboxylic acid groups (broad SMARTS) is 1. The molecule has 252 valence electrons. The normalized spacial score (nSPS) is 16.3. The number of nitrogens with one attached hydrogen (secondary N) is 1. The number of alkyl halides is 6. The lowest BCUT2D eigenvalue weighted by atomic mass is 10.1. The predicted molar refractivity (Wildman–Crippen MR) is 169 cm³/mol. The molecule has 2 N–H and O–H groups in total. The van der Waals surface area contributed by atoms with Crippen LogP contribution in [0.25, 0.3) is 10.3 Å². The molecule has 2 fully saturated rings. The van der Waals surface area contributed by atoms with Crippen LogP contribution < -0.4 is 10.2 Å². The number of piperazine rings is 1. The van der Waals surface area contributed by atoms with Gasteiger partial charge in [-0.3, -0.25) is 4.90 Å². The smallest absolute Gasteiger partial charge is 0.475 e. The molecule has 0 radical (unpaired) electrons. The fourth-order valence-electron chi connectivity index (χ4n) is 5.45. The van der Waals surface area contributed by atoms with Gasteiger partial charge in [0.05, 0.1) is 5.56 Å². The van der Waals surface area contributed by atoms with Crippen molar-refractivity contribution >= 4 is 68.3 Å². The van der Waals surface area contributed by atoms with Gasteiger partial charge in [0.25, 0.3) is 0 Å². The molecule has 1 saturated heterocycles. The van der Waals surface area contributed by atoms with Gasteiger partial charge >= 0.3 is 18.3 Å². The Labute approximate surface area is 279 Å². The van der Waals surface area contributed by atoms with Crippen LogP contribution in [-0.4, -0.2) is 69.3 Å². The van der Waals surface area contributed by atoms with Gasteiger partial charge in [-0.05, 0) is 54.8 Å². The maximum Gasteiger partial charge on any atom is 0.490 e. The fourth-order valence-corrected chi connectivity index (χ4v) is 6.92. The van der Waals surface area contributed by atoms with E-state index in [1.54, 1.807) is 18.2 Å². The number of aromatic nitrogens is 3. The Morgan fingerprint density at radius 3 is 2.06 bits per heavy atom. The third kappa shape index (κ3) is 8.75. The zero-order valence-electron chi connectivity index (χ0n) is 24.5. The molecule has 0 atom stereocenters. The van der Waals surface area contributed by atoms with Gasteiger partial charge in [-0.2, -0.15) is 36.3 Å². The van der Waals surface area contributed by atoms with Gasteiger partial charge < -0.3 is 15.3 Å². The molecule has 17 heteroatoms. The first-order chi connectivity index (χ1) is 22.2. The van der Waals surface area contributed by atoms with Crippen molar-refractivity contribution in [1.82, 2.24) is 19.9 Å². The second-order valence-electron chi connectivity index (χ2n) is 11.0. The minimum absolute atomic E-state index is 0.425. The summed E-state index contributed by atoms with van der Waals surface area (Å²) in [5.41, 5.74) is 1.10. The molecule has 8 nitrogen and oxygen atoms in total. The van der Waals surface area contributed by atoms with Crippen LogP contribution in [0.3, 0.4) is 0 Å². The monoisotopic (exact) mass is 720 g/mol. The van der Waals surface area contributed by atoms with Crippen molar-refractivity contribution in [3.63, 3.8) is 0 Å². The zero-order chi connectivity index (χ0) is 33.9. The van der Waals surface area contributed by atoms with Gasteiger partial charge in [-0.25, -0.2) is 9.78 Å². The van der Waals surface area contributed by atoms with Crippen molar-refractivity contribution in [3.8, 4) is 0 Å². The molecule has 2 aliphatic rings. The first-order valence-corrected chi connectivity index (χ1v) is 16.1. The maximum atomic E-state index is 13.1. The molecule has 2 aromatic heterocycles. The summed E-state index contributed by atoms with van der Waals surface area (Å²) in [5.74, 6) is -1.72. The summed E-state index contributed by atoms with van der Waals surface area (Å²) in [6.45, 7) is 3.52. The minimum Gasteiger partial charge on any atom is -0.475 e. The number of hydrogen-bond donors (Lipinski definition) is 2. The van der Waals surface area contributed by atoms with Crippen LogP contribution in [-0.2, 0) is 17.4 Å². The molecule has 0 spiro atoms. The molecule has 2 aromatic carbocycles. The topological polar surface area (TPSA) is 94.5 Å². The summed E-state index contributed by atoms with van der Waals surface area (Å²) < 4.78 is 71.0. The molecule has 0 amide bonds. The molecule has 0 bridgehead atoms. The number of hydrogen-bond acceptors (Lipinski definition) is 8. The Morgan fingerprint density at radius 2 is 1.51 bits per heavy atom. The van der Waals surface area contributed by atoms with Crippen LogP contribution in [0.15, 0.2) is 42.5 Å².